The summed E-state index contributed by atoms with van der Waals surface area (Å²) in [5, 5.41) is 8.93. The number of carbonyl (C=O) groups is 1. The first kappa shape index (κ1) is 12.9. The molecule has 3 rings (SSSR count). The molecule has 20 heavy (non-hydrogen) atoms. The van der Waals surface area contributed by atoms with Gasteiger partial charge in [-0.25, -0.2) is 0 Å². The summed E-state index contributed by atoms with van der Waals surface area (Å²) in [5.41, 5.74) is 0.948. The highest BCUT2D eigenvalue weighted by atomic mass is 16.5. The summed E-state index contributed by atoms with van der Waals surface area (Å²) in [6, 6.07) is 9.74. The second-order valence-electron chi connectivity index (χ2n) is 5.00. The van der Waals surface area contributed by atoms with Gasteiger partial charge in [-0.1, -0.05) is 18.2 Å². The van der Waals surface area contributed by atoms with Crippen molar-refractivity contribution in [2.24, 2.45) is 0 Å². The van der Waals surface area contributed by atoms with Crippen LogP contribution in [0.2, 0.25) is 0 Å². The number of nitriles is 1. The SMILES string of the molecule is N#CC1CN(C(=O)C2CCOc3ccccc32)CCO1. The zero-order chi connectivity index (χ0) is 13.9. The van der Waals surface area contributed by atoms with Crippen LogP contribution in [0.4, 0.5) is 0 Å². The third kappa shape index (κ3) is 2.35. The van der Waals surface area contributed by atoms with Crippen molar-refractivity contribution in [2.75, 3.05) is 26.3 Å². The Bertz CT molecular complexity index is 552. The lowest BCUT2D eigenvalue weighted by atomic mass is 9.91. The van der Waals surface area contributed by atoms with Gasteiger partial charge in [0.25, 0.3) is 0 Å². The van der Waals surface area contributed by atoms with Gasteiger partial charge in [-0.2, -0.15) is 5.26 Å². The van der Waals surface area contributed by atoms with E-state index in [4.69, 9.17) is 14.7 Å². The molecule has 2 unspecified atom stereocenters. The first-order chi connectivity index (χ1) is 9.79. The van der Waals surface area contributed by atoms with Crippen LogP contribution in [-0.4, -0.2) is 43.2 Å². The van der Waals surface area contributed by atoms with E-state index in [2.05, 4.69) is 6.07 Å². The minimum Gasteiger partial charge on any atom is -0.493 e. The van der Waals surface area contributed by atoms with Crippen molar-refractivity contribution >= 4 is 5.91 Å². The van der Waals surface area contributed by atoms with Gasteiger partial charge in [-0.3, -0.25) is 4.79 Å². The molecule has 0 radical (unpaired) electrons. The van der Waals surface area contributed by atoms with E-state index in [1.54, 1.807) is 4.90 Å². The molecule has 1 aromatic rings. The van der Waals surface area contributed by atoms with Crippen molar-refractivity contribution < 1.29 is 14.3 Å². The molecule has 2 aliphatic rings. The fraction of sp³-hybridized carbons (Fsp3) is 0.467. The molecule has 0 aliphatic carbocycles. The molecular weight excluding hydrogens is 256 g/mol. The van der Waals surface area contributed by atoms with E-state index in [-0.39, 0.29) is 11.8 Å². The second kappa shape index (κ2) is 5.51. The first-order valence-corrected chi connectivity index (χ1v) is 6.81. The second-order valence-corrected chi connectivity index (χ2v) is 5.00. The molecule has 104 valence electrons. The first-order valence-electron chi connectivity index (χ1n) is 6.81. The molecule has 5 nitrogen and oxygen atoms in total. The summed E-state index contributed by atoms with van der Waals surface area (Å²) >= 11 is 0. The Kier molecular flexibility index (Phi) is 3.57. The number of benzene rings is 1. The van der Waals surface area contributed by atoms with Crippen LogP contribution in [0.15, 0.2) is 24.3 Å². The highest BCUT2D eigenvalue weighted by molar-refractivity contribution is 5.85. The molecular formula is C15H16N2O3. The molecule has 2 atom stereocenters. The smallest absolute Gasteiger partial charge is 0.230 e. The van der Waals surface area contributed by atoms with Gasteiger partial charge in [0, 0.05) is 12.1 Å². The molecule has 0 bridgehead atoms. The van der Waals surface area contributed by atoms with Crippen LogP contribution in [0, 0.1) is 11.3 Å². The fourth-order valence-electron chi connectivity index (χ4n) is 2.75. The average molecular weight is 272 g/mol. The molecule has 2 heterocycles. The Morgan fingerprint density at radius 3 is 3.05 bits per heavy atom. The maximum atomic E-state index is 12.7. The van der Waals surface area contributed by atoms with Crippen LogP contribution < -0.4 is 4.74 Å². The molecule has 1 saturated heterocycles. The lowest BCUT2D eigenvalue weighted by Gasteiger charge is -2.34. The summed E-state index contributed by atoms with van der Waals surface area (Å²) in [6.07, 6.45) is 0.174. The predicted molar refractivity (Wildman–Crippen MR) is 71.2 cm³/mol. The van der Waals surface area contributed by atoms with E-state index in [1.807, 2.05) is 24.3 Å². The quantitative estimate of drug-likeness (QED) is 0.773. The van der Waals surface area contributed by atoms with Crippen molar-refractivity contribution in [1.82, 2.24) is 4.90 Å². The molecule has 0 spiro atoms. The number of morpholine rings is 1. The largest absolute Gasteiger partial charge is 0.493 e. The summed E-state index contributed by atoms with van der Waals surface area (Å²) in [7, 11) is 0. The Morgan fingerprint density at radius 1 is 1.35 bits per heavy atom. The molecule has 0 N–H and O–H groups in total. The van der Waals surface area contributed by atoms with Crippen molar-refractivity contribution in [3.63, 3.8) is 0 Å². The lowest BCUT2D eigenvalue weighted by molar-refractivity contribution is -0.139. The number of para-hydroxylation sites is 1. The number of nitrogens with zero attached hydrogens (tertiary/aromatic N) is 2. The van der Waals surface area contributed by atoms with Crippen molar-refractivity contribution in [3.8, 4) is 11.8 Å². The lowest BCUT2D eigenvalue weighted by Crippen LogP contribution is -2.47. The number of carbonyl (C=O) groups excluding carboxylic acids is 1. The van der Waals surface area contributed by atoms with Crippen molar-refractivity contribution in [3.05, 3.63) is 29.8 Å². The Morgan fingerprint density at radius 2 is 2.20 bits per heavy atom. The molecule has 5 heteroatoms. The van der Waals surface area contributed by atoms with Crippen LogP contribution in [0.25, 0.3) is 0 Å². The van der Waals surface area contributed by atoms with Gasteiger partial charge in [0.2, 0.25) is 5.91 Å². The van der Waals surface area contributed by atoms with Crippen LogP contribution >= 0.6 is 0 Å². The Hall–Kier alpha value is -2.06. The zero-order valence-corrected chi connectivity index (χ0v) is 11.1. The summed E-state index contributed by atoms with van der Waals surface area (Å²) < 4.78 is 10.9. The molecule has 2 aliphatic heterocycles. The molecule has 1 aromatic carbocycles. The van der Waals surface area contributed by atoms with E-state index >= 15 is 0 Å². The van der Waals surface area contributed by atoms with E-state index in [0.29, 0.717) is 32.7 Å². The Labute approximate surface area is 117 Å². The minimum atomic E-state index is -0.511. The van der Waals surface area contributed by atoms with Crippen molar-refractivity contribution in [1.29, 1.82) is 5.26 Å². The van der Waals surface area contributed by atoms with Gasteiger partial charge in [0.15, 0.2) is 6.10 Å². The van der Waals surface area contributed by atoms with Gasteiger partial charge in [-0.15, -0.1) is 0 Å². The molecule has 1 fully saturated rings. The predicted octanol–water partition coefficient (Wildman–Crippen LogP) is 1.30. The van der Waals surface area contributed by atoms with Crippen LogP contribution in [0.3, 0.4) is 0 Å². The number of ether oxygens (including phenoxy) is 2. The number of hydrogen-bond acceptors (Lipinski definition) is 4. The van der Waals surface area contributed by atoms with E-state index in [9.17, 15) is 4.79 Å². The number of rotatable bonds is 1. The van der Waals surface area contributed by atoms with Crippen LogP contribution in [0.1, 0.15) is 17.9 Å². The van der Waals surface area contributed by atoms with Crippen LogP contribution in [-0.2, 0) is 9.53 Å². The van der Waals surface area contributed by atoms with Gasteiger partial charge >= 0.3 is 0 Å². The minimum absolute atomic E-state index is 0.0734. The van der Waals surface area contributed by atoms with Crippen molar-refractivity contribution in [2.45, 2.75) is 18.4 Å². The maximum Gasteiger partial charge on any atom is 0.230 e. The van der Waals surface area contributed by atoms with Gasteiger partial charge < -0.3 is 14.4 Å². The summed E-state index contributed by atoms with van der Waals surface area (Å²) in [4.78, 5) is 14.4. The molecule has 1 amide bonds. The summed E-state index contributed by atoms with van der Waals surface area (Å²) in [5.74, 6) is 0.698. The normalized spacial score (nSPS) is 25.2. The molecule has 0 saturated carbocycles. The van der Waals surface area contributed by atoms with Crippen LogP contribution in [0.5, 0.6) is 5.75 Å². The topological polar surface area (TPSA) is 62.6 Å². The van der Waals surface area contributed by atoms with Gasteiger partial charge in [-0.05, 0) is 12.5 Å². The highest BCUT2D eigenvalue weighted by Gasteiger charge is 2.33. The monoisotopic (exact) mass is 272 g/mol. The number of fused-ring (bicyclic) bond motifs is 1. The van der Waals surface area contributed by atoms with E-state index < -0.39 is 6.10 Å². The van der Waals surface area contributed by atoms with Gasteiger partial charge in [0.1, 0.15) is 5.75 Å². The third-order valence-corrected chi connectivity index (χ3v) is 3.78. The fourth-order valence-corrected chi connectivity index (χ4v) is 2.75. The van der Waals surface area contributed by atoms with E-state index in [1.165, 1.54) is 0 Å². The molecule has 0 aromatic heterocycles. The third-order valence-electron chi connectivity index (χ3n) is 3.78. The highest BCUT2D eigenvalue weighted by Crippen LogP contribution is 2.34. The van der Waals surface area contributed by atoms with Gasteiger partial charge in [0.05, 0.1) is 31.7 Å². The van der Waals surface area contributed by atoms with E-state index in [0.717, 1.165) is 11.3 Å². The number of hydrogen-bond donors (Lipinski definition) is 0. The Balaban J connectivity index is 1.80. The average Bonchev–Trinajstić information content (AvgIpc) is 2.53. The maximum absolute atomic E-state index is 12.7. The summed E-state index contributed by atoms with van der Waals surface area (Å²) in [6.45, 7) is 1.89. The standard InChI is InChI=1S/C15H16N2O3/c16-9-11-10-17(6-8-19-11)15(18)13-5-7-20-14-4-2-1-3-12(13)14/h1-4,11,13H,5-8,10H2. The number of amides is 1. The zero-order valence-electron chi connectivity index (χ0n) is 11.1.